The number of hydrogen-bond acceptors (Lipinski definition) is 5. The summed E-state index contributed by atoms with van der Waals surface area (Å²) in [5, 5.41) is 12.5. The summed E-state index contributed by atoms with van der Waals surface area (Å²) in [6, 6.07) is 0. The van der Waals surface area contributed by atoms with Gasteiger partial charge in [0.2, 0.25) is 0 Å². The maximum Gasteiger partial charge on any atom is 0.356 e. The van der Waals surface area contributed by atoms with Gasteiger partial charge in [0.15, 0.2) is 5.69 Å². The standard InChI is InChI=1S/C15H24N4O2/c1-4-19-6-5-11(9-19)7-16-12-8-17-14(10(2)3)18-13(12)15(20)21/h8,10-11,16H,4-7,9H2,1-3H3,(H,20,21). The highest BCUT2D eigenvalue weighted by Crippen LogP contribution is 2.20. The van der Waals surface area contributed by atoms with Crippen LogP contribution in [-0.2, 0) is 0 Å². The lowest BCUT2D eigenvalue weighted by Crippen LogP contribution is -2.23. The first kappa shape index (κ1) is 15.7. The molecule has 2 heterocycles. The molecule has 1 aromatic heterocycles. The van der Waals surface area contributed by atoms with E-state index >= 15 is 0 Å². The van der Waals surface area contributed by atoms with Gasteiger partial charge < -0.3 is 15.3 Å². The summed E-state index contributed by atoms with van der Waals surface area (Å²) >= 11 is 0. The van der Waals surface area contributed by atoms with Gasteiger partial charge >= 0.3 is 5.97 Å². The van der Waals surface area contributed by atoms with Crippen molar-refractivity contribution in [1.82, 2.24) is 14.9 Å². The van der Waals surface area contributed by atoms with Gasteiger partial charge in [-0.1, -0.05) is 20.8 Å². The highest BCUT2D eigenvalue weighted by Gasteiger charge is 2.22. The number of carboxylic acid groups (broad SMARTS) is 1. The maximum atomic E-state index is 11.4. The average Bonchev–Trinajstić information content (AvgIpc) is 2.92. The van der Waals surface area contributed by atoms with Gasteiger partial charge in [0.05, 0.1) is 11.9 Å². The number of rotatable bonds is 6. The van der Waals surface area contributed by atoms with Crippen molar-refractivity contribution in [3.8, 4) is 0 Å². The van der Waals surface area contributed by atoms with Gasteiger partial charge in [0, 0.05) is 19.0 Å². The minimum atomic E-state index is -1.01. The van der Waals surface area contributed by atoms with E-state index in [0.29, 0.717) is 17.4 Å². The number of hydrogen-bond donors (Lipinski definition) is 2. The Kier molecular flexibility index (Phi) is 5.12. The highest BCUT2D eigenvalue weighted by molar-refractivity contribution is 5.91. The van der Waals surface area contributed by atoms with Crippen LogP contribution in [0.1, 0.15) is 49.4 Å². The first-order chi connectivity index (χ1) is 10.0. The van der Waals surface area contributed by atoms with Crippen LogP contribution in [0.15, 0.2) is 6.20 Å². The Bertz CT molecular complexity index is 504. The van der Waals surface area contributed by atoms with Crippen LogP contribution in [0.4, 0.5) is 5.69 Å². The molecular formula is C15H24N4O2. The molecule has 2 N–H and O–H groups in total. The molecule has 0 spiro atoms. The Morgan fingerprint density at radius 2 is 2.33 bits per heavy atom. The minimum absolute atomic E-state index is 0.0686. The lowest BCUT2D eigenvalue weighted by Gasteiger charge is -2.15. The lowest BCUT2D eigenvalue weighted by molar-refractivity contribution is 0.0691. The van der Waals surface area contributed by atoms with Crippen molar-refractivity contribution in [3.05, 3.63) is 17.7 Å². The Labute approximate surface area is 125 Å². The molecule has 1 aliphatic rings. The van der Waals surface area contributed by atoms with Crippen LogP contribution in [0.5, 0.6) is 0 Å². The molecule has 1 fully saturated rings. The fourth-order valence-electron chi connectivity index (χ4n) is 2.59. The Morgan fingerprint density at radius 3 is 2.90 bits per heavy atom. The van der Waals surface area contributed by atoms with Crippen LogP contribution in [0.2, 0.25) is 0 Å². The molecular weight excluding hydrogens is 268 g/mol. The molecule has 0 aromatic carbocycles. The summed E-state index contributed by atoms with van der Waals surface area (Å²) in [5.41, 5.74) is 0.584. The zero-order valence-corrected chi connectivity index (χ0v) is 13.0. The molecule has 6 heteroatoms. The average molecular weight is 292 g/mol. The second kappa shape index (κ2) is 6.85. The van der Waals surface area contributed by atoms with Crippen LogP contribution in [0.25, 0.3) is 0 Å². The summed E-state index contributed by atoms with van der Waals surface area (Å²) in [7, 11) is 0. The molecule has 116 valence electrons. The number of likely N-dealkylation sites (tertiary alicyclic amines) is 1. The van der Waals surface area contributed by atoms with E-state index in [1.54, 1.807) is 6.20 Å². The van der Waals surface area contributed by atoms with E-state index in [2.05, 4.69) is 27.1 Å². The van der Waals surface area contributed by atoms with Crippen LogP contribution in [-0.4, -0.2) is 52.1 Å². The lowest BCUT2D eigenvalue weighted by atomic mass is 10.1. The van der Waals surface area contributed by atoms with E-state index in [1.165, 1.54) is 0 Å². The van der Waals surface area contributed by atoms with E-state index < -0.39 is 5.97 Å². The topological polar surface area (TPSA) is 78.3 Å². The van der Waals surface area contributed by atoms with Crippen molar-refractivity contribution < 1.29 is 9.90 Å². The summed E-state index contributed by atoms with van der Waals surface area (Å²) in [4.78, 5) is 22.2. The van der Waals surface area contributed by atoms with Gasteiger partial charge in [0.25, 0.3) is 0 Å². The molecule has 0 amide bonds. The smallest absolute Gasteiger partial charge is 0.356 e. The van der Waals surface area contributed by atoms with E-state index in [0.717, 1.165) is 32.6 Å². The summed E-state index contributed by atoms with van der Waals surface area (Å²) in [6.45, 7) is 10.1. The number of aromatic nitrogens is 2. The largest absolute Gasteiger partial charge is 0.476 e. The van der Waals surface area contributed by atoms with Gasteiger partial charge in [-0.05, 0) is 25.4 Å². The number of nitrogens with zero attached hydrogens (tertiary/aromatic N) is 3. The van der Waals surface area contributed by atoms with E-state index in [4.69, 9.17) is 0 Å². The van der Waals surface area contributed by atoms with E-state index in [9.17, 15) is 9.90 Å². The molecule has 1 aromatic rings. The van der Waals surface area contributed by atoms with Crippen molar-refractivity contribution >= 4 is 11.7 Å². The van der Waals surface area contributed by atoms with Crippen LogP contribution in [0, 0.1) is 5.92 Å². The quantitative estimate of drug-likeness (QED) is 0.835. The molecule has 1 atom stereocenters. The molecule has 1 saturated heterocycles. The normalized spacial score (nSPS) is 19.1. The van der Waals surface area contributed by atoms with Gasteiger partial charge in [-0.2, -0.15) is 0 Å². The van der Waals surface area contributed by atoms with Crippen molar-refractivity contribution in [3.63, 3.8) is 0 Å². The first-order valence-electron chi connectivity index (χ1n) is 7.57. The van der Waals surface area contributed by atoms with Crippen LogP contribution < -0.4 is 5.32 Å². The third-order valence-corrected chi connectivity index (χ3v) is 3.92. The predicted molar refractivity (Wildman–Crippen MR) is 81.8 cm³/mol. The van der Waals surface area contributed by atoms with E-state index in [-0.39, 0.29) is 11.6 Å². The molecule has 2 rings (SSSR count). The second-order valence-corrected chi connectivity index (χ2v) is 5.88. The summed E-state index contributed by atoms with van der Waals surface area (Å²) in [6.07, 6.45) is 2.74. The second-order valence-electron chi connectivity index (χ2n) is 5.88. The molecule has 0 bridgehead atoms. The fourth-order valence-corrected chi connectivity index (χ4v) is 2.59. The van der Waals surface area contributed by atoms with Gasteiger partial charge in [-0.15, -0.1) is 0 Å². The van der Waals surface area contributed by atoms with Crippen molar-refractivity contribution in [2.75, 3.05) is 31.5 Å². The summed E-state index contributed by atoms with van der Waals surface area (Å²) < 4.78 is 0. The van der Waals surface area contributed by atoms with Gasteiger partial charge in [0.1, 0.15) is 5.82 Å². The molecule has 0 radical (unpaired) electrons. The monoisotopic (exact) mass is 292 g/mol. The van der Waals surface area contributed by atoms with Gasteiger partial charge in [-0.3, -0.25) is 0 Å². The Morgan fingerprint density at radius 1 is 1.57 bits per heavy atom. The van der Waals surface area contributed by atoms with E-state index in [1.807, 2.05) is 13.8 Å². The van der Waals surface area contributed by atoms with Crippen molar-refractivity contribution in [1.29, 1.82) is 0 Å². The number of anilines is 1. The molecule has 6 nitrogen and oxygen atoms in total. The first-order valence-corrected chi connectivity index (χ1v) is 7.57. The highest BCUT2D eigenvalue weighted by atomic mass is 16.4. The van der Waals surface area contributed by atoms with Crippen LogP contribution in [0.3, 0.4) is 0 Å². The predicted octanol–water partition coefficient (Wildman–Crippen LogP) is 2.05. The fraction of sp³-hybridized carbons (Fsp3) is 0.667. The minimum Gasteiger partial charge on any atom is -0.476 e. The number of nitrogens with one attached hydrogen (secondary N) is 1. The molecule has 1 unspecified atom stereocenters. The van der Waals surface area contributed by atoms with Crippen LogP contribution >= 0.6 is 0 Å². The molecule has 0 saturated carbocycles. The zero-order chi connectivity index (χ0) is 15.4. The third-order valence-electron chi connectivity index (χ3n) is 3.92. The molecule has 0 aliphatic carbocycles. The van der Waals surface area contributed by atoms with Crippen molar-refractivity contribution in [2.24, 2.45) is 5.92 Å². The SMILES string of the molecule is CCN1CCC(CNc2cnc(C(C)C)nc2C(=O)O)C1. The van der Waals surface area contributed by atoms with Crippen molar-refractivity contribution in [2.45, 2.75) is 33.1 Å². The Balaban J connectivity index is 2.04. The number of aromatic carboxylic acids is 1. The Hall–Kier alpha value is -1.69. The summed E-state index contributed by atoms with van der Waals surface area (Å²) in [5.74, 6) is 0.223. The molecule has 1 aliphatic heterocycles. The third kappa shape index (κ3) is 3.91. The maximum absolute atomic E-state index is 11.4. The van der Waals surface area contributed by atoms with Gasteiger partial charge in [-0.25, -0.2) is 14.8 Å². The molecule has 21 heavy (non-hydrogen) atoms. The zero-order valence-electron chi connectivity index (χ0n) is 13.0. The number of carbonyl (C=O) groups is 1. The number of carboxylic acids is 1.